The van der Waals surface area contributed by atoms with Crippen LogP contribution in [0.5, 0.6) is 5.75 Å². The minimum atomic E-state index is -0.978. The first kappa shape index (κ1) is 17.3. The number of benzene rings is 1. The second-order valence-electron chi connectivity index (χ2n) is 5.53. The quantitative estimate of drug-likeness (QED) is 0.795. The third kappa shape index (κ3) is 3.45. The van der Waals surface area contributed by atoms with Crippen LogP contribution in [-0.2, 0) is 0 Å². The van der Waals surface area contributed by atoms with E-state index in [-0.39, 0.29) is 11.7 Å². The molecule has 1 saturated heterocycles. The molecule has 0 aliphatic carbocycles. The van der Waals surface area contributed by atoms with Crippen LogP contribution in [0.15, 0.2) is 24.5 Å². The van der Waals surface area contributed by atoms with Gasteiger partial charge in [0, 0.05) is 30.3 Å². The van der Waals surface area contributed by atoms with Gasteiger partial charge in [-0.25, -0.2) is 13.2 Å². The van der Waals surface area contributed by atoms with Crippen molar-refractivity contribution in [2.45, 2.75) is 12.5 Å². The largest absolute Gasteiger partial charge is 0.482 e. The van der Waals surface area contributed by atoms with Gasteiger partial charge in [-0.15, -0.1) is 0 Å². The van der Waals surface area contributed by atoms with E-state index in [9.17, 15) is 13.2 Å². The molecule has 0 unspecified atom stereocenters. The van der Waals surface area contributed by atoms with Crippen LogP contribution in [0.3, 0.4) is 0 Å². The molecular formula is C16H13Cl2F3N2O. The maximum atomic E-state index is 13.7. The van der Waals surface area contributed by atoms with Gasteiger partial charge in [-0.2, -0.15) is 0 Å². The van der Waals surface area contributed by atoms with Gasteiger partial charge in [0.15, 0.2) is 5.75 Å². The third-order valence-corrected chi connectivity index (χ3v) is 4.60. The summed E-state index contributed by atoms with van der Waals surface area (Å²) in [4.78, 5) is 3.81. The van der Waals surface area contributed by atoms with Gasteiger partial charge in [0.05, 0.1) is 6.20 Å². The molecule has 2 heterocycles. The van der Waals surface area contributed by atoms with E-state index in [0.717, 1.165) is 19.2 Å². The van der Waals surface area contributed by atoms with E-state index in [1.807, 2.05) is 0 Å². The normalized spacial score (nSPS) is 18.6. The van der Waals surface area contributed by atoms with Crippen molar-refractivity contribution in [2.75, 3.05) is 13.1 Å². The van der Waals surface area contributed by atoms with Gasteiger partial charge in [-0.3, -0.25) is 4.98 Å². The van der Waals surface area contributed by atoms with Gasteiger partial charge in [0.2, 0.25) is 0 Å². The zero-order valence-corrected chi connectivity index (χ0v) is 13.8. The van der Waals surface area contributed by atoms with Crippen LogP contribution in [-0.4, -0.2) is 18.1 Å². The molecule has 1 aliphatic rings. The van der Waals surface area contributed by atoms with Crippen LogP contribution in [0, 0.1) is 23.4 Å². The number of ether oxygens (including phenoxy) is 1. The molecule has 0 spiro atoms. The predicted octanol–water partition coefficient (Wildman–Crippen LogP) is 4.54. The number of aromatic nitrogens is 1. The highest BCUT2D eigenvalue weighted by Gasteiger charge is 2.31. The van der Waals surface area contributed by atoms with Crippen molar-refractivity contribution in [3.8, 4) is 5.75 Å². The standard InChI is InChI=1S/C16H13Cl2F3N2O/c17-13-11(20)4-12(21)14(18)16(13)24-15(8-1-2-22-5-8)9-3-10(19)7-23-6-9/h3-4,6-8,15,22H,1-2,5H2/t8-,15-/m0/s1. The molecule has 1 aliphatic heterocycles. The van der Waals surface area contributed by atoms with E-state index in [1.165, 1.54) is 12.3 Å². The predicted molar refractivity (Wildman–Crippen MR) is 84.9 cm³/mol. The van der Waals surface area contributed by atoms with Crippen molar-refractivity contribution in [3.05, 3.63) is 57.6 Å². The lowest BCUT2D eigenvalue weighted by molar-refractivity contribution is 0.143. The highest BCUT2D eigenvalue weighted by molar-refractivity contribution is 6.37. The van der Waals surface area contributed by atoms with Crippen LogP contribution in [0.1, 0.15) is 18.1 Å². The maximum Gasteiger partial charge on any atom is 0.163 e. The molecule has 0 saturated carbocycles. The van der Waals surface area contributed by atoms with E-state index < -0.39 is 33.6 Å². The fourth-order valence-electron chi connectivity index (χ4n) is 2.74. The van der Waals surface area contributed by atoms with Gasteiger partial charge in [-0.05, 0) is 19.0 Å². The fraction of sp³-hybridized carbons (Fsp3) is 0.312. The average Bonchev–Trinajstić information content (AvgIpc) is 3.07. The highest BCUT2D eigenvalue weighted by Crippen LogP contribution is 2.41. The van der Waals surface area contributed by atoms with Gasteiger partial charge >= 0.3 is 0 Å². The van der Waals surface area contributed by atoms with Crippen LogP contribution in [0.4, 0.5) is 13.2 Å². The molecule has 128 valence electrons. The van der Waals surface area contributed by atoms with Crippen molar-refractivity contribution in [2.24, 2.45) is 5.92 Å². The number of nitrogens with one attached hydrogen (secondary N) is 1. The van der Waals surface area contributed by atoms with Crippen LogP contribution < -0.4 is 10.1 Å². The molecule has 0 radical (unpaired) electrons. The number of hydrogen-bond donors (Lipinski definition) is 1. The van der Waals surface area contributed by atoms with E-state index in [2.05, 4.69) is 10.3 Å². The topological polar surface area (TPSA) is 34.1 Å². The van der Waals surface area contributed by atoms with Crippen molar-refractivity contribution < 1.29 is 17.9 Å². The first-order valence-corrected chi connectivity index (χ1v) is 8.03. The van der Waals surface area contributed by atoms with Crippen molar-refractivity contribution in [3.63, 3.8) is 0 Å². The molecule has 1 N–H and O–H groups in total. The molecule has 1 fully saturated rings. The Labute approximate surface area is 146 Å². The van der Waals surface area contributed by atoms with Crippen molar-refractivity contribution in [1.29, 1.82) is 0 Å². The minimum absolute atomic E-state index is 0.0490. The van der Waals surface area contributed by atoms with Crippen LogP contribution >= 0.6 is 23.2 Å². The zero-order valence-electron chi connectivity index (χ0n) is 12.3. The third-order valence-electron chi connectivity index (χ3n) is 3.90. The van der Waals surface area contributed by atoms with Crippen LogP contribution in [0.25, 0.3) is 0 Å². The van der Waals surface area contributed by atoms with Crippen molar-refractivity contribution >= 4 is 23.2 Å². The molecule has 3 nitrogen and oxygen atoms in total. The Kier molecular flexibility index (Phi) is 5.18. The molecular weight excluding hydrogens is 364 g/mol. The number of rotatable bonds is 4. The van der Waals surface area contributed by atoms with E-state index in [0.29, 0.717) is 18.2 Å². The minimum Gasteiger partial charge on any atom is -0.482 e. The lowest BCUT2D eigenvalue weighted by Crippen LogP contribution is -2.22. The second-order valence-corrected chi connectivity index (χ2v) is 6.28. The van der Waals surface area contributed by atoms with Gasteiger partial charge in [0.25, 0.3) is 0 Å². The van der Waals surface area contributed by atoms with Crippen molar-refractivity contribution in [1.82, 2.24) is 10.3 Å². The van der Waals surface area contributed by atoms with Gasteiger partial charge in [-0.1, -0.05) is 23.2 Å². The Hall–Kier alpha value is -1.50. The lowest BCUT2D eigenvalue weighted by Gasteiger charge is -2.25. The van der Waals surface area contributed by atoms with E-state index in [4.69, 9.17) is 27.9 Å². The summed E-state index contributed by atoms with van der Waals surface area (Å²) in [7, 11) is 0. The SMILES string of the molecule is Fc1cncc([C@@H](Oc2c(Cl)c(F)cc(F)c2Cl)[C@H]2CCNC2)c1. The average molecular weight is 377 g/mol. The molecule has 0 amide bonds. The first-order valence-electron chi connectivity index (χ1n) is 7.28. The number of halogens is 5. The summed E-state index contributed by atoms with van der Waals surface area (Å²) in [6.45, 7) is 1.36. The van der Waals surface area contributed by atoms with Crippen LogP contribution in [0.2, 0.25) is 10.0 Å². The summed E-state index contributed by atoms with van der Waals surface area (Å²) in [5.74, 6) is -2.83. The molecule has 0 bridgehead atoms. The Morgan fingerprint density at radius 3 is 2.42 bits per heavy atom. The molecule has 2 aromatic rings. The number of nitrogens with zero attached hydrogens (tertiary/aromatic N) is 1. The Bertz CT molecular complexity index is 728. The van der Waals surface area contributed by atoms with E-state index >= 15 is 0 Å². The zero-order chi connectivity index (χ0) is 17.3. The molecule has 1 aromatic heterocycles. The summed E-state index contributed by atoms with van der Waals surface area (Å²) in [5, 5.41) is 2.34. The summed E-state index contributed by atoms with van der Waals surface area (Å²) in [6, 6.07) is 1.86. The molecule has 2 atom stereocenters. The summed E-state index contributed by atoms with van der Waals surface area (Å²) < 4.78 is 46.7. The first-order chi connectivity index (χ1) is 11.5. The second kappa shape index (κ2) is 7.17. The molecule has 1 aromatic carbocycles. The Morgan fingerprint density at radius 1 is 1.12 bits per heavy atom. The van der Waals surface area contributed by atoms with Gasteiger partial charge in [0.1, 0.15) is 33.6 Å². The fourth-order valence-corrected chi connectivity index (χ4v) is 3.17. The monoisotopic (exact) mass is 376 g/mol. The lowest BCUT2D eigenvalue weighted by atomic mass is 9.96. The number of pyridine rings is 1. The Morgan fingerprint density at radius 2 is 1.83 bits per heavy atom. The summed E-state index contributed by atoms with van der Waals surface area (Å²) in [5.41, 5.74) is 0.445. The van der Waals surface area contributed by atoms with E-state index in [1.54, 1.807) is 0 Å². The summed E-state index contributed by atoms with van der Waals surface area (Å²) in [6.07, 6.45) is 2.56. The number of hydrogen-bond acceptors (Lipinski definition) is 3. The molecule has 3 rings (SSSR count). The smallest absolute Gasteiger partial charge is 0.163 e. The molecule has 24 heavy (non-hydrogen) atoms. The highest BCUT2D eigenvalue weighted by atomic mass is 35.5. The van der Waals surface area contributed by atoms with Gasteiger partial charge < -0.3 is 10.1 Å². The molecule has 8 heteroatoms. The Balaban J connectivity index is 2.02. The summed E-state index contributed by atoms with van der Waals surface area (Å²) >= 11 is 11.8. The maximum absolute atomic E-state index is 13.7.